The van der Waals surface area contributed by atoms with Gasteiger partial charge in [0.05, 0.1) is 6.61 Å². The van der Waals surface area contributed by atoms with Gasteiger partial charge in [-0.3, -0.25) is 4.79 Å². The first-order valence-electron chi connectivity index (χ1n) is 4.70. The van der Waals surface area contributed by atoms with Crippen LogP contribution in [0.5, 0.6) is 0 Å². The van der Waals surface area contributed by atoms with E-state index in [0.29, 0.717) is 0 Å². The van der Waals surface area contributed by atoms with E-state index in [2.05, 4.69) is 8.25 Å². The topological polar surface area (TPSA) is 141 Å². The molecule has 9 nitrogen and oxygen atoms in total. The van der Waals surface area contributed by atoms with Crippen LogP contribution in [-0.4, -0.2) is 61.4 Å². The lowest BCUT2D eigenvalue weighted by Crippen LogP contribution is -2.37. The Bertz CT molecular complexity index is 388. The second-order valence-electron chi connectivity index (χ2n) is 3.47. The number of ether oxygens (including phenoxy) is 1. The lowest BCUT2D eigenvalue weighted by atomic mass is 10.1. The van der Waals surface area contributed by atoms with Gasteiger partial charge >= 0.3 is 0 Å². The molecule has 0 saturated carbocycles. The summed E-state index contributed by atoms with van der Waals surface area (Å²) in [6, 6.07) is 0. The largest absolute Gasteiger partial charge is 0.394 e. The summed E-state index contributed by atoms with van der Waals surface area (Å²) in [5.41, 5.74) is 5.01. The van der Waals surface area contributed by atoms with Crippen molar-refractivity contribution in [3.05, 3.63) is 0 Å². The van der Waals surface area contributed by atoms with Gasteiger partial charge in [-0.25, -0.2) is 0 Å². The first-order valence-corrected chi connectivity index (χ1v) is 6.63. The Labute approximate surface area is 106 Å². The van der Waals surface area contributed by atoms with E-state index in [0.717, 1.165) is 0 Å². The number of nitrogens with two attached hydrogens (primary N) is 1. The first-order chi connectivity index (χ1) is 8.04. The van der Waals surface area contributed by atoms with Crippen LogP contribution in [0, 0.1) is 0 Å². The molecular formula is C7H11IN4O5. The van der Waals surface area contributed by atoms with Crippen LogP contribution < -0.4 is 5.73 Å². The average molecular weight is 358 g/mol. The van der Waals surface area contributed by atoms with Crippen LogP contribution in [-0.2, 0) is 9.53 Å². The molecule has 0 aromatic heterocycles. The minimum Gasteiger partial charge on any atom is -0.394 e. The summed E-state index contributed by atoms with van der Waals surface area (Å²) < 4.78 is 10.4. The predicted octanol–water partition coefficient (Wildman–Crippen LogP) is -2.39. The molecule has 0 aliphatic carbocycles. The number of nitrogens with zero attached hydrogens (tertiary/aromatic N) is 3. The maximum absolute atomic E-state index is 10.8. The maximum Gasteiger partial charge on any atom is 0.288 e. The molecule has 0 aromatic rings. The molecule has 10 heteroatoms. The van der Waals surface area contributed by atoms with Gasteiger partial charge in [0.15, 0.2) is 6.23 Å². The number of hydrogen-bond donors (Lipinski definition) is 4. The van der Waals surface area contributed by atoms with Gasteiger partial charge in [-0.15, -0.1) is 5.10 Å². The number of amidine groups is 1. The van der Waals surface area contributed by atoms with E-state index in [4.69, 9.17) is 15.6 Å². The molecule has 17 heavy (non-hydrogen) atoms. The van der Waals surface area contributed by atoms with Gasteiger partial charge in [0.2, 0.25) is 5.84 Å². The van der Waals surface area contributed by atoms with Crippen LogP contribution in [0.2, 0.25) is 0 Å². The van der Waals surface area contributed by atoms with Crippen molar-refractivity contribution in [2.45, 2.75) is 24.5 Å². The van der Waals surface area contributed by atoms with E-state index in [1.54, 1.807) is 0 Å². The number of hydrogen-bond acceptors (Lipinski definition) is 8. The molecular weight excluding hydrogens is 347 g/mol. The Kier molecular flexibility index (Phi) is 3.67. The monoisotopic (exact) mass is 358 g/mol. The lowest BCUT2D eigenvalue weighted by molar-refractivity contribution is -0.112. The Morgan fingerprint density at radius 1 is 1.53 bits per heavy atom. The number of carbonyl (C=O) groups is 1. The second-order valence-corrected chi connectivity index (χ2v) is 5.37. The van der Waals surface area contributed by atoms with Crippen molar-refractivity contribution in [1.29, 1.82) is 0 Å². The van der Waals surface area contributed by atoms with Crippen molar-refractivity contribution in [2.24, 2.45) is 14.0 Å². The fourth-order valence-electron chi connectivity index (χ4n) is 1.45. The molecule has 2 heterocycles. The standard InChI is InChI=1S/C7H11IN4O5/c9-5(16)6-10-8-12(11-6)7-4(15)3(14)2(1-13)17-7/h2-4,7,13-15H,1H2,(H2,9,16)/t2-,3-,4-,7-/m1/s1. The highest BCUT2D eigenvalue weighted by Gasteiger charge is 2.46. The number of halogens is 1. The molecule has 5 N–H and O–H groups in total. The number of primary amides is 1. The summed E-state index contributed by atoms with van der Waals surface area (Å²) in [6.07, 6.45) is -4.18. The zero-order chi connectivity index (χ0) is 12.6. The molecule has 2 rings (SSSR count). The molecule has 2 aliphatic heterocycles. The van der Waals surface area contributed by atoms with E-state index in [-0.39, 0.29) is 5.84 Å². The Balaban J connectivity index is 2.11. The quantitative estimate of drug-likeness (QED) is 0.328. The maximum atomic E-state index is 10.8. The van der Waals surface area contributed by atoms with Gasteiger partial charge in [0.25, 0.3) is 5.91 Å². The molecule has 4 atom stereocenters. The first kappa shape index (κ1) is 12.8. The molecule has 2 aliphatic rings. The predicted molar refractivity (Wildman–Crippen MR) is 62.7 cm³/mol. The number of carbonyl (C=O) groups excluding carboxylic acids is 1. The third kappa shape index (κ3) is 2.30. The van der Waals surface area contributed by atoms with E-state index >= 15 is 0 Å². The van der Waals surface area contributed by atoms with Gasteiger partial charge in [-0.05, 0) is 0 Å². The molecule has 0 spiro atoms. The smallest absolute Gasteiger partial charge is 0.288 e. The zero-order valence-electron chi connectivity index (χ0n) is 8.47. The number of aliphatic hydroxyl groups excluding tert-OH is 3. The second kappa shape index (κ2) is 4.89. The van der Waals surface area contributed by atoms with Crippen molar-refractivity contribution >= 4 is 33.0 Å². The number of amides is 1. The number of rotatable bonds is 3. The zero-order valence-corrected chi connectivity index (χ0v) is 10.6. The fraction of sp³-hybridized carbons (Fsp3) is 0.714. The highest BCUT2D eigenvalue weighted by Crippen LogP contribution is 2.31. The molecule has 1 amide bonds. The molecule has 0 radical (unpaired) electrons. The Morgan fingerprint density at radius 2 is 2.24 bits per heavy atom. The third-order valence-corrected chi connectivity index (χ3v) is 4.21. The van der Waals surface area contributed by atoms with Crippen LogP contribution in [0.1, 0.15) is 0 Å². The van der Waals surface area contributed by atoms with E-state index in [9.17, 15) is 15.0 Å². The van der Waals surface area contributed by atoms with Crippen molar-refractivity contribution in [3.63, 3.8) is 0 Å². The van der Waals surface area contributed by atoms with Crippen molar-refractivity contribution in [3.8, 4) is 0 Å². The molecule has 0 aromatic carbocycles. The van der Waals surface area contributed by atoms with Gasteiger partial charge in [-0.2, -0.15) is 6.37 Å². The van der Waals surface area contributed by atoms with Crippen molar-refractivity contribution < 1.29 is 24.9 Å². The van der Waals surface area contributed by atoms with Crippen molar-refractivity contribution in [2.75, 3.05) is 6.61 Å². The molecule has 0 unspecified atom stereocenters. The minimum atomic E-state index is -1.21. The van der Waals surface area contributed by atoms with E-state index in [1.807, 2.05) is 0 Å². The molecule has 1 saturated heterocycles. The highest BCUT2D eigenvalue weighted by molar-refractivity contribution is 14.1. The summed E-state index contributed by atoms with van der Waals surface area (Å²) in [4.78, 5) is 10.8. The Morgan fingerprint density at radius 3 is 2.71 bits per heavy atom. The number of aliphatic hydroxyl groups is 3. The van der Waals surface area contributed by atoms with Crippen molar-refractivity contribution in [1.82, 2.24) is 3.22 Å². The average Bonchev–Trinajstić information content (AvgIpc) is 2.87. The van der Waals surface area contributed by atoms with Crippen LogP contribution in [0.15, 0.2) is 8.25 Å². The highest BCUT2D eigenvalue weighted by atomic mass is 127. The molecule has 96 valence electrons. The Hall–Kier alpha value is -0.690. The minimum absolute atomic E-state index is 0.115. The SMILES string of the molecule is NC(=O)C1=NN([C@@H]2O[C@H](CO)[C@@H](O)[C@H]2O)I=N1. The summed E-state index contributed by atoms with van der Waals surface area (Å²) in [6.45, 7) is -0.412. The summed E-state index contributed by atoms with van der Waals surface area (Å²) in [5.74, 6) is -0.866. The van der Waals surface area contributed by atoms with Gasteiger partial charge < -0.3 is 25.8 Å². The normalized spacial score (nSPS) is 36.9. The van der Waals surface area contributed by atoms with Crippen LogP contribution in [0.3, 0.4) is 0 Å². The van der Waals surface area contributed by atoms with E-state index < -0.39 is 58.4 Å². The molecule has 1 fully saturated rings. The molecule has 0 bridgehead atoms. The summed E-state index contributed by atoms with van der Waals surface area (Å²) in [5, 5.41) is 32.0. The number of hydrazone groups is 1. The van der Waals surface area contributed by atoms with Crippen LogP contribution in [0.25, 0.3) is 0 Å². The fourth-order valence-corrected chi connectivity index (χ4v) is 3.21. The van der Waals surface area contributed by atoms with Gasteiger partial charge in [-0.1, -0.05) is 0 Å². The summed E-state index contributed by atoms with van der Waals surface area (Å²) >= 11 is -1.01. The van der Waals surface area contributed by atoms with Gasteiger partial charge in [0, 0.05) is 0 Å². The van der Waals surface area contributed by atoms with Gasteiger partial charge in [0.1, 0.15) is 39.6 Å². The lowest BCUT2D eigenvalue weighted by Gasteiger charge is -2.19. The third-order valence-electron chi connectivity index (χ3n) is 2.33. The van der Waals surface area contributed by atoms with E-state index in [1.165, 1.54) is 3.22 Å². The van der Waals surface area contributed by atoms with Crippen LogP contribution >= 0.6 is 21.3 Å². The summed E-state index contributed by atoms with van der Waals surface area (Å²) in [7, 11) is 0. The van der Waals surface area contributed by atoms with Crippen LogP contribution in [0.4, 0.5) is 0 Å².